The molecule has 1 rings (SSSR count). The van der Waals surface area contributed by atoms with Crippen LogP contribution in [0.1, 0.15) is 32.4 Å². The Balaban J connectivity index is 2.50. The molecule has 0 aliphatic carbocycles. The van der Waals surface area contributed by atoms with Gasteiger partial charge in [0.1, 0.15) is 5.75 Å². The van der Waals surface area contributed by atoms with E-state index in [0.717, 1.165) is 31.0 Å². The van der Waals surface area contributed by atoms with Gasteiger partial charge in [-0.05, 0) is 30.2 Å². The Morgan fingerprint density at radius 2 is 2.00 bits per heavy atom. The van der Waals surface area contributed by atoms with Crippen LogP contribution in [0.4, 0.5) is 0 Å². The predicted octanol–water partition coefficient (Wildman–Crippen LogP) is 3.04. The van der Waals surface area contributed by atoms with Crippen LogP contribution in [-0.4, -0.2) is 40.0 Å². The fraction of sp³-hybridized carbons (Fsp3) is 0.647. The molecule has 0 heterocycles. The second-order valence-electron chi connectivity index (χ2n) is 5.41. The summed E-state index contributed by atoms with van der Waals surface area (Å²) in [6.45, 7) is 10.1. The normalized spacial score (nSPS) is 12.6. The lowest BCUT2D eigenvalue weighted by molar-refractivity contribution is -0.00118. The molecule has 1 atom stereocenters. The van der Waals surface area contributed by atoms with Gasteiger partial charge in [0, 0.05) is 13.2 Å². The quantitative estimate of drug-likeness (QED) is 0.637. The van der Waals surface area contributed by atoms with Gasteiger partial charge < -0.3 is 19.5 Å². The summed E-state index contributed by atoms with van der Waals surface area (Å²) in [6.07, 6.45) is 0.0164. The van der Waals surface area contributed by atoms with Crippen LogP contribution in [0, 0.1) is 5.92 Å². The first-order valence-corrected chi connectivity index (χ1v) is 7.71. The number of hydrogen-bond donors (Lipinski definition) is 1. The van der Waals surface area contributed by atoms with Gasteiger partial charge in [-0.3, -0.25) is 0 Å². The molecule has 0 aromatic heterocycles. The number of likely N-dealkylation sites (N-methyl/N-ethyl adjacent to an activating group) is 1. The van der Waals surface area contributed by atoms with E-state index in [1.165, 1.54) is 0 Å². The molecule has 4 heteroatoms. The van der Waals surface area contributed by atoms with Gasteiger partial charge in [0.25, 0.3) is 0 Å². The third-order valence-corrected chi connectivity index (χ3v) is 3.04. The van der Waals surface area contributed by atoms with E-state index in [0.29, 0.717) is 19.1 Å². The van der Waals surface area contributed by atoms with E-state index in [4.69, 9.17) is 14.2 Å². The van der Waals surface area contributed by atoms with Crippen molar-refractivity contribution >= 4 is 0 Å². The molecule has 4 nitrogen and oxygen atoms in total. The number of benzene rings is 1. The van der Waals surface area contributed by atoms with Crippen molar-refractivity contribution in [1.82, 2.24) is 5.32 Å². The molecule has 0 fully saturated rings. The van der Waals surface area contributed by atoms with Gasteiger partial charge in [0.15, 0.2) is 0 Å². The maximum Gasteiger partial charge on any atom is 0.119 e. The molecule has 0 saturated carbocycles. The number of methoxy groups -OCH3 is 1. The number of nitrogens with one attached hydrogen (secondary N) is 1. The fourth-order valence-electron chi connectivity index (χ4n) is 1.96. The molecule has 0 saturated heterocycles. The Kier molecular flexibility index (Phi) is 9.06. The van der Waals surface area contributed by atoms with E-state index < -0.39 is 0 Å². The first-order chi connectivity index (χ1) is 10.2. The topological polar surface area (TPSA) is 39.7 Å². The first kappa shape index (κ1) is 18.0. The van der Waals surface area contributed by atoms with Crippen LogP contribution in [0.2, 0.25) is 0 Å². The van der Waals surface area contributed by atoms with Crippen LogP contribution in [0.5, 0.6) is 5.75 Å². The Morgan fingerprint density at radius 3 is 2.67 bits per heavy atom. The average molecular weight is 295 g/mol. The minimum absolute atomic E-state index is 0.0164. The summed E-state index contributed by atoms with van der Waals surface area (Å²) in [5.74, 6) is 1.41. The third-order valence-electron chi connectivity index (χ3n) is 3.04. The van der Waals surface area contributed by atoms with Gasteiger partial charge >= 0.3 is 0 Å². The van der Waals surface area contributed by atoms with E-state index in [1.54, 1.807) is 7.11 Å². The molecule has 120 valence electrons. The zero-order valence-electron chi connectivity index (χ0n) is 13.7. The van der Waals surface area contributed by atoms with Crippen molar-refractivity contribution in [2.24, 2.45) is 5.92 Å². The molecule has 0 bridgehead atoms. The van der Waals surface area contributed by atoms with Gasteiger partial charge in [-0.15, -0.1) is 0 Å². The monoisotopic (exact) mass is 295 g/mol. The zero-order valence-corrected chi connectivity index (χ0v) is 13.7. The lowest BCUT2D eigenvalue weighted by atomic mass is 10.1. The van der Waals surface area contributed by atoms with Gasteiger partial charge in [-0.2, -0.15) is 0 Å². The van der Waals surface area contributed by atoms with Crippen molar-refractivity contribution in [3.05, 3.63) is 29.8 Å². The van der Waals surface area contributed by atoms with Gasteiger partial charge in [-0.1, -0.05) is 32.9 Å². The second kappa shape index (κ2) is 10.6. The van der Waals surface area contributed by atoms with Crippen molar-refractivity contribution in [2.75, 3.05) is 40.0 Å². The van der Waals surface area contributed by atoms with E-state index in [9.17, 15) is 0 Å². The van der Waals surface area contributed by atoms with E-state index in [2.05, 4.69) is 32.2 Å². The second-order valence-corrected chi connectivity index (χ2v) is 5.41. The molecular formula is C17H29NO3. The number of ether oxygens (including phenoxy) is 3. The standard InChI is InChI=1S/C17H29NO3/c1-5-18-12-17(21-10-9-20-13-14(2)3)15-7-6-8-16(11-15)19-4/h6-8,11,14,17-18H,5,9-10,12-13H2,1-4H3. The molecular weight excluding hydrogens is 266 g/mol. The van der Waals surface area contributed by atoms with Crippen LogP contribution < -0.4 is 10.1 Å². The summed E-state index contributed by atoms with van der Waals surface area (Å²) >= 11 is 0. The Hall–Kier alpha value is -1.10. The highest BCUT2D eigenvalue weighted by atomic mass is 16.5. The summed E-state index contributed by atoms with van der Waals surface area (Å²) in [5, 5.41) is 3.34. The molecule has 0 radical (unpaired) electrons. The van der Waals surface area contributed by atoms with Gasteiger partial charge in [0.05, 0.1) is 26.4 Å². The van der Waals surface area contributed by atoms with Crippen molar-refractivity contribution in [1.29, 1.82) is 0 Å². The molecule has 21 heavy (non-hydrogen) atoms. The molecule has 1 unspecified atom stereocenters. The van der Waals surface area contributed by atoms with E-state index in [1.807, 2.05) is 18.2 Å². The Morgan fingerprint density at radius 1 is 1.19 bits per heavy atom. The lowest BCUT2D eigenvalue weighted by Gasteiger charge is -2.19. The maximum absolute atomic E-state index is 5.97. The van der Waals surface area contributed by atoms with Crippen LogP contribution in [0.25, 0.3) is 0 Å². The van der Waals surface area contributed by atoms with Gasteiger partial charge in [0.2, 0.25) is 0 Å². The molecule has 1 N–H and O–H groups in total. The smallest absolute Gasteiger partial charge is 0.119 e. The molecule has 0 aliphatic rings. The first-order valence-electron chi connectivity index (χ1n) is 7.71. The molecule has 1 aromatic rings. The predicted molar refractivity (Wildman–Crippen MR) is 85.9 cm³/mol. The fourth-order valence-corrected chi connectivity index (χ4v) is 1.96. The van der Waals surface area contributed by atoms with Crippen molar-refractivity contribution in [3.63, 3.8) is 0 Å². The van der Waals surface area contributed by atoms with E-state index >= 15 is 0 Å². The van der Waals surface area contributed by atoms with Crippen LogP contribution >= 0.6 is 0 Å². The summed E-state index contributed by atoms with van der Waals surface area (Å²) in [4.78, 5) is 0. The number of hydrogen-bond acceptors (Lipinski definition) is 4. The lowest BCUT2D eigenvalue weighted by Crippen LogP contribution is -2.24. The Bertz CT molecular complexity index is 382. The highest BCUT2D eigenvalue weighted by molar-refractivity contribution is 5.30. The van der Waals surface area contributed by atoms with E-state index in [-0.39, 0.29) is 6.10 Å². The minimum Gasteiger partial charge on any atom is -0.497 e. The summed E-state index contributed by atoms with van der Waals surface area (Å²) in [5.41, 5.74) is 1.12. The third kappa shape index (κ3) is 7.46. The zero-order chi connectivity index (χ0) is 15.5. The van der Waals surface area contributed by atoms with Crippen molar-refractivity contribution < 1.29 is 14.2 Å². The van der Waals surface area contributed by atoms with Crippen LogP contribution in [0.15, 0.2) is 24.3 Å². The largest absolute Gasteiger partial charge is 0.497 e. The SMILES string of the molecule is CCNCC(OCCOCC(C)C)c1cccc(OC)c1. The van der Waals surface area contributed by atoms with Crippen LogP contribution in [0.3, 0.4) is 0 Å². The number of rotatable bonds is 11. The highest BCUT2D eigenvalue weighted by Gasteiger charge is 2.12. The molecule has 0 aliphatic heterocycles. The average Bonchev–Trinajstić information content (AvgIpc) is 2.49. The Labute approximate surface area is 128 Å². The molecule has 1 aromatic carbocycles. The molecule has 0 amide bonds. The van der Waals surface area contributed by atoms with Gasteiger partial charge in [-0.25, -0.2) is 0 Å². The minimum atomic E-state index is 0.0164. The maximum atomic E-state index is 5.97. The molecule has 0 spiro atoms. The van der Waals surface area contributed by atoms with Crippen molar-refractivity contribution in [3.8, 4) is 5.75 Å². The summed E-state index contributed by atoms with van der Waals surface area (Å²) in [7, 11) is 1.68. The van der Waals surface area contributed by atoms with Crippen LogP contribution in [-0.2, 0) is 9.47 Å². The summed E-state index contributed by atoms with van der Waals surface area (Å²) in [6, 6.07) is 8.03. The van der Waals surface area contributed by atoms with Crippen molar-refractivity contribution in [2.45, 2.75) is 26.9 Å². The highest BCUT2D eigenvalue weighted by Crippen LogP contribution is 2.21. The summed E-state index contributed by atoms with van der Waals surface area (Å²) < 4.78 is 16.8.